The van der Waals surface area contributed by atoms with Gasteiger partial charge in [0, 0.05) is 6.04 Å². The van der Waals surface area contributed by atoms with Gasteiger partial charge in [-0.1, -0.05) is 6.92 Å². The smallest absolute Gasteiger partial charge is 0.105 e. The quantitative estimate of drug-likeness (QED) is 0.530. The van der Waals surface area contributed by atoms with Crippen LogP contribution in [-0.2, 0) is 0 Å². The molecule has 3 N–H and O–H groups in total. The van der Waals surface area contributed by atoms with Crippen LogP contribution in [0, 0.1) is 0 Å². The molecule has 1 atom stereocenters. The summed E-state index contributed by atoms with van der Waals surface area (Å²) in [6, 6.07) is -0.274. The van der Waals surface area contributed by atoms with Gasteiger partial charge >= 0.3 is 0 Å². The molecule has 0 aliphatic heterocycles. The van der Waals surface area contributed by atoms with Crippen molar-refractivity contribution in [3.05, 3.63) is 0 Å². The number of hydrogen-bond donors (Lipinski definition) is 2. The fourth-order valence-electron chi connectivity index (χ4n) is 0.541. The van der Waals surface area contributed by atoms with E-state index in [1.807, 2.05) is 6.92 Å². The maximum absolute atomic E-state index is 11.7. The zero-order chi connectivity index (χ0) is 7.11. The van der Waals surface area contributed by atoms with Crippen LogP contribution in [0.25, 0.3) is 0 Å². The average Bonchev–Trinajstić information content (AvgIpc) is 1.89. The first kappa shape index (κ1) is 8.85. The molecule has 0 bridgehead atoms. The SMILES string of the molecule is CCNCCC(N)CF. The van der Waals surface area contributed by atoms with E-state index in [9.17, 15) is 4.39 Å². The lowest BCUT2D eigenvalue weighted by Crippen LogP contribution is -2.28. The normalized spacial score (nSPS) is 13.7. The molecule has 0 aromatic carbocycles. The van der Waals surface area contributed by atoms with E-state index < -0.39 is 6.67 Å². The maximum atomic E-state index is 11.7. The maximum Gasteiger partial charge on any atom is 0.105 e. The lowest BCUT2D eigenvalue weighted by Gasteiger charge is -2.05. The van der Waals surface area contributed by atoms with Crippen LogP contribution in [0.3, 0.4) is 0 Å². The standard InChI is InChI=1S/C6H15FN2/c1-2-9-4-3-6(8)5-7/h6,9H,2-5,8H2,1H3. The Morgan fingerprint density at radius 1 is 1.67 bits per heavy atom. The highest BCUT2D eigenvalue weighted by Crippen LogP contribution is 1.85. The van der Waals surface area contributed by atoms with Crippen molar-refractivity contribution >= 4 is 0 Å². The molecule has 1 unspecified atom stereocenters. The third kappa shape index (κ3) is 5.73. The van der Waals surface area contributed by atoms with Crippen LogP contribution >= 0.6 is 0 Å². The molecule has 0 radical (unpaired) electrons. The highest BCUT2D eigenvalue weighted by molar-refractivity contribution is 4.59. The molecule has 0 fully saturated rings. The fraction of sp³-hybridized carbons (Fsp3) is 1.00. The summed E-state index contributed by atoms with van der Waals surface area (Å²) in [4.78, 5) is 0. The predicted octanol–water partition coefficient (Wildman–Crippen LogP) is 0.283. The zero-order valence-corrected chi connectivity index (χ0v) is 5.86. The first-order valence-corrected chi connectivity index (χ1v) is 3.33. The highest BCUT2D eigenvalue weighted by Gasteiger charge is 1.98. The van der Waals surface area contributed by atoms with Gasteiger partial charge in [-0.3, -0.25) is 0 Å². The summed E-state index contributed by atoms with van der Waals surface area (Å²) in [5, 5.41) is 3.07. The van der Waals surface area contributed by atoms with E-state index in [4.69, 9.17) is 5.73 Å². The molecule has 0 saturated carbocycles. The molecule has 0 rings (SSSR count). The van der Waals surface area contributed by atoms with Crippen LogP contribution in [-0.4, -0.2) is 25.8 Å². The Hall–Kier alpha value is -0.150. The van der Waals surface area contributed by atoms with Gasteiger partial charge in [0.1, 0.15) is 6.67 Å². The number of alkyl halides is 1. The number of nitrogens with two attached hydrogens (primary N) is 1. The van der Waals surface area contributed by atoms with Gasteiger partial charge < -0.3 is 11.1 Å². The number of halogens is 1. The summed E-state index contributed by atoms with van der Waals surface area (Å²) >= 11 is 0. The van der Waals surface area contributed by atoms with E-state index in [2.05, 4.69) is 5.32 Å². The van der Waals surface area contributed by atoms with E-state index >= 15 is 0 Å². The number of nitrogens with one attached hydrogen (secondary N) is 1. The Kier molecular flexibility index (Phi) is 5.88. The summed E-state index contributed by atoms with van der Waals surface area (Å²) in [5.74, 6) is 0. The molecule has 0 aromatic heterocycles. The van der Waals surface area contributed by atoms with E-state index in [1.54, 1.807) is 0 Å². The third-order valence-corrected chi connectivity index (χ3v) is 1.14. The number of rotatable bonds is 5. The minimum absolute atomic E-state index is 0.274. The Morgan fingerprint density at radius 3 is 2.78 bits per heavy atom. The van der Waals surface area contributed by atoms with Gasteiger partial charge in [-0.05, 0) is 19.5 Å². The molecule has 3 heteroatoms. The van der Waals surface area contributed by atoms with Crippen LogP contribution < -0.4 is 11.1 Å². The lowest BCUT2D eigenvalue weighted by molar-refractivity contribution is 0.408. The molecular formula is C6H15FN2. The third-order valence-electron chi connectivity index (χ3n) is 1.14. The Bertz CT molecular complexity index is 59.0. The van der Waals surface area contributed by atoms with Crippen LogP contribution in [0.4, 0.5) is 4.39 Å². The van der Waals surface area contributed by atoms with Crippen molar-refractivity contribution < 1.29 is 4.39 Å². The topological polar surface area (TPSA) is 38.0 Å². The Balaban J connectivity index is 2.88. The summed E-state index contributed by atoms with van der Waals surface area (Å²) in [6.45, 7) is 3.35. The lowest BCUT2D eigenvalue weighted by atomic mass is 10.2. The summed E-state index contributed by atoms with van der Waals surface area (Å²) < 4.78 is 11.7. The van der Waals surface area contributed by atoms with Gasteiger partial charge in [-0.25, -0.2) is 4.39 Å². The molecule has 0 saturated heterocycles. The van der Waals surface area contributed by atoms with Crippen molar-refractivity contribution in [1.29, 1.82) is 0 Å². The summed E-state index contributed by atoms with van der Waals surface area (Å²) in [5.41, 5.74) is 5.30. The zero-order valence-electron chi connectivity index (χ0n) is 5.86. The van der Waals surface area contributed by atoms with Crippen molar-refractivity contribution in [2.45, 2.75) is 19.4 Å². The molecule has 56 valence electrons. The molecule has 0 aliphatic rings. The predicted molar refractivity (Wildman–Crippen MR) is 37.1 cm³/mol. The van der Waals surface area contributed by atoms with Crippen molar-refractivity contribution in [2.24, 2.45) is 5.73 Å². The summed E-state index contributed by atoms with van der Waals surface area (Å²) in [6.07, 6.45) is 0.727. The summed E-state index contributed by atoms with van der Waals surface area (Å²) in [7, 11) is 0. The Labute approximate surface area is 55.6 Å². The van der Waals surface area contributed by atoms with E-state index in [-0.39, 0.29) is 6.04 Å². The van der Waals surface area contributed by atoms with Gasteiger partial charge in [0.05, 0.1) is 0 Å². The average molecular weight is 134 g/mol. The Morgan fingerprint density at radius 2 is 2.33 bits per heavy atom. The van der Waals surface area contributed by atoms with Crippen molar-refractivity contribution in [1.82, 2.24) is 5.32 Å². The molecule has 0 amide bonds. The highest BCUT2D eigenvalue weighted by atomic mass is 19.1. The van der Waals surface area contributed by atoms with E-state index in [0.717, 1.165) is 19.5 Å². The van der Waals surface area contributed by atoms with Crippen LogP contribution in [0.1, 0.15) is 13.3 Å². The molecule has 0 heterocycles. The van der Waals surface area contributed by atoms with Crippen LogP contribution in [0.5, 0.6) is 0 Å². The molecule has 0 aliphatic carbocycles. The first-order chi connectivity index (χ1) is 4.31. The second kappa shape index (κ2) is 5.98. The van der Waals surface area contributed by atoms with Crippen LogP contribution in [0.15, 0.2) is 0 Å². The molecular weight excluding hydrogens is 119 g/mol. The minimum Gasteiger partial charge on any atom is -0.325 e. The molecule has 0 spiro atoms. The van der Waals surface area contributed by atoms with E-state index in [1.165, 1.54) is 0 Å². The van der Waals surface area contributed by atoms with E-state index in [0.29, 0.717) is 0 Å². The van der Waals surface area contributed by atoms with Crippen LogP contribution in [0.2, 0.25) is 0 Å². The second-order valence-electron chi connectivity index (χ2n) is 2.06. The fourth-order valence-corrected chi connectivity index (χ4v) is 0.541. The monoisotopic (exact) mass is 134 g/mol. The van der Waals surface area contributed by atoms with Crippen molar-refractivity contribution in [3.63, 3.8) is 0 Å². The molecule has 9 heavy (non-hydrogen) atoms. The minimum atomic E-state index is -0.411. The number of hydrogen-bond acceptors (Lipinski definition) is 2. The van der Waals surface area contributed by atoms with Gasteiger partial charge in [0.15, 0.2) is 0 Å². The first-order valence-electron chi connectivity index (χ1n) is 3.33. The second-order valence-corrected chi connectivity index (χ2v) is 2.06. The van der Waals surface area contributed by atoms with Crippen molar-refractivity contribution in [2.75, 3.05) is 19.8 Å². The van der Waals surface area contributed by atoms with Gasteiger partial charge in [-0.2, -0.15) is 0 Å². The molecule has 0 aromatic rings. The van der Waals surface area contributed by atoms with Gasteiger partial charge in [0.2, 0.25) is 0 Å². The largest absolute Gasteiger partial charge is 0.325 e. The van der Waals surface area contributed by atoms with Gasteiger partial charge in [-0.15, -0.1) is 0 Å². The van der Waals surface area contributed by atoms with Gasteiger partial charge in [0.25, 0.3) is 0 Å². The molecule has 2 nitrogen and oxygen atoms in total. The van der Waals surface area contributed by atoms with Crippen molar-refractivity contribution in [3.8, 4) is 0 Å².